The van der Waals surface area contributed by atoms with Gasteiger partial charge < -0.3 is 10.6 Å². The van der Waals surface area contributed by atoms with Gasteiger partial charge in [0.15, 0.2) is 0 Å². The third-order valence-electron chi connectivity index (χ3n) is 3.80. The first-order chi connectivity index (χ1) is 8.15. The van der Waals surface area contributed by atoms with Gasteiger partial charge in [0.05, 0.1) is 0 Å². The predicted octanol–water partition coefficient (Wildman–Crippen LogP) is 3.51. The highest BCUT2D eigenvalue weighted by Crippen LogP contribution is 2.20. The predicted molar refractivity (Wildman–Crippen MR) is 78.3 cm³/mol. The minimum atomic E-state index is 0.782. The maximum Gasteiger partial charge on any atom is -0.00188 e. The van der Waals surface area contributed by atoms with Crippen LogP contribution < -0.4 is 5.73 Å². The van der Waals surface area contributed by atoms with Crippen LogP contribution in [0.5, 0.6) is 0 Å². The molecular weight excluding hydrogens is 208 g/mol. The van der Waals surface area contributed by atoms with Crippen molar-refractivity contribution in [3.05, 3.63) is 0 Å². The Kier molecular flexibility index (Phi) is 11.0. The molecular formula is C15H34N2. The van der Waals surface area contributed by atoms with E-state index in [1.165, 1.54) is 51.7 Å². The summed E-state index contributed by atoms with van der Waals surface area (Å²) in [6, 6.07) is 0. The van der Waals surface area contributed by atoms with E-state index in [4.69, 9.17) is 5.73 Å². The van der Waals surface area contributed by atoms with Crippen molar-refractivity contribution in [3.63, 3.8) is 0 Å². The monoisotopic (exact) mass is 242 g/mol. The Labute approximate surface area is 109 Å². The number of unbranched alkanes of at least 4 members (excludes halogenated alkanes) is 1. The molecule has 0 saturated heterocycles. The number of nitrogens with two attached hydrogens (primary N) is 1. The fraction of sp³-hybridized carbons (Fsp3) is 1.00. The minimum absolute atomic E-state index is 0.782. The Hall–Kier alpha value is -0.0800. The molecule has 2 N–H and O–H groups in total. The standard InChI is InChI=1S/C15H34N2/c1-5-7-12-17(6-2)13-8-9-15(10-11-16)14(3)4/h14-15H,5-13,16H2,1-4H3. The molecule has 2 nitrogen and oxygen atoms in total. The Morgan fingerprint density at radius 3 is 2.12 bits per heavy atom. The molecule has 0 saturated carbocycles. The number of nitrogens with zero attached hydrogens (tertiary/aromatic N) is 1. The summed E-state index contributed by atoms with van der Waals surface area (Å²) in [6.45, 7) is 13.8. The minimum Gasteiger partial charge on any atom is -0.330 e. The molecule has 0 amide bonds. The second-order valence-corrected chi connectivity index (χ2v) is 5.51. The summed E-state index contributed by atoms with van der Waals surface area (Å²) in [4.78, 5) is 2.59. The van der Waals surface area contributed by atoms with Crippen molar-refractivity contribution in [3.8, 4) is 0 Å². The van der Waals surface area contributed by atoms with E-state index in [1.807, 2.05) is 0 Å². The summed E-state index contributed by atoms with van der Waals surface area (Å²) >= 11 is 0. The average molecular weight is 242 g/mol. The van der Waals surface area contributed by atoms with E-state index >= 15 is 0 Å². The summed E-state index contributed by atoms with van der Waals surface area (Å²) < 4.78 is 0. The molecule has 0 bridgehead atoms. The Balaban J connectivity index is 3.76. The first-order valence-corrected chi connectivity index (χ1v) is 7.58. The molecule has 0 aromatic carbocycles. The molecule has 0 aliphatic carbocycles. The van der Waals surface area contributed by atoms with Gasteiger partial charge in [-0.05, 0) is 63.7 Å². The highest BCUT2D eigenvalue weighted by atomic mass is 15.1. The van der Waals surface area contributed by atoms with Crippen LogP contribution in [0.4, 0.5) is 0 Å². The smallest absolute Gasteiger partial charge is 0.00188 e. The second kappa shape index (κ2) is 11.0. The van der Waals surface area contributed by atoms with Crippen LogP contribution in [0.25, 0.3) is 0 Å². The van der Waals surface area contributed by atoms with Gasteiger partial charge in [-0.1, -0.05) is 34.1 Å². The van der Waals surface area contributed by atoms with E-state index in [1.54, 1.807) is 0 Å². The van der Waals surface area contributed by atoms with Crippen molar-refractivity contribution < 1.29 is 0 Å². The molecule has 0 spiro atoms. The van der Waals surface area contributed by atoms with Crippen molar-refractivity contribution in [1.29, 1.82) is 0 Å². The van der Waals surface area contributed by atoms with E-state index < -0.39 is 0 Å². The lowest BCUT2D eigenvalue weighted by atomic mass is 9.88. The van der Waals surface area contributed by atoms with E-state index in [9.17, 15) is 0 Å². The number of hydrogen-bond acceptors (Lipinski definition) is 2. The molecule has 17 heavy (non-hydrogen) atoms. The third-order valence-corrected chi connectivity index (χ3v) is 3.80. The molecule has 0 aliphatic heterocycles. The highest BCUT2D eigenvalue weighted by Gasteiger charge is 2.12. The Morgan fingerprint density at radius 1 is 1.00 bits per heavy atom. The zero-order valence-corrected chi connectivity index (χ0v) is 12.5. The second-order valence-electron chi connectivity index (χ2n) is 5.51. The summed E-state index contributed by atoms with van der Waals surface area (Å²) in [7, 11) is 0. The van der Waals surface area contributed by atoms with E-state index in [0.29, 0.717) is 0 Å². The quantitative estimate of drug-likeness (QED) is 0.601. The Morgan fingerprint density at radius 2 is 1.65 bits per heavy atom. The van der Waals surface area contributed by atoms with Gasteiger partial charge in [0.25, 0.3) is 0 Å². The molecule has 2 heteroatoms. The molecule has 104 valence electrons. The normalized spacial score (nSPS) is 13.6. The van der Waals surface area contributed by atoms with Crippen molar-refractivity contribution in [2.24, 2.45) is 17.6 Å². The van der Waals surface area contributed by atoms with Gasteiger partial charge >= 0.3 is 0 Å². The van der Waals surface area contributed by atoms with Gasteiger partial charge in [-0.25, -0.2) is 0 Å². The van der Waals surface area contributed by atoms with Gasteiger partial charge in [-0.15, -0.1) is 0 Å². The van der Waals surface area contributed by atoms with Crippen molar-refractivity contribution in [2.75, 3.05) is 26.2 Å². The zero-order chi connectivity index (χ0) is 13.1. The average Bonchev–Trinajstić information content (AvgIpc) is 2.31. The Bertz CT molecular complexity index is 157. The largest absolute Gasteiger partial charge is 0.330 e. The van der Waals surface area contributed by atoms with E-state index in [-0.39, 0.29) is 0 Å². The van der Waals surface area contributed by atoms with Crippen LogP contribution in [0.15, 0.2) is 0 Å². The van der Waals surface area contributed by atoms with Crippen LogP contribution >= 0.6 is 0 Å². The van der Waals surface area contributed by atoms with Crippen LogP contribution in [0.3, 0.4) is 0 Å². The van der Waals surface area contributed by atoms with Crippen LogP contribution in [-0.4, -0.2) is 31.1 Å². The molecule has 0 heterocycles. The molecule has 1 atom stereocenters. The van der Waals surface area contributed by atoms with Gasteiger partial charge in [0, 0.05) is 0 Å². The van der Waals surface area contributed by atoms with Crippen molar-refractivity contribution in [2.45, 2.75) is 59.8 Å². The molecule has 0 radical (unpaired) electrons. The van der Waals surface area contributed by atoms with Crippen LogP contribution in [0, 0.1) is 11.8 Å². The maximum atomic E-state index is 5.68. The summed E-state index contributed by atoms with van der Waals surface area (Å²) in [5, 5.41) is 0. The summed E-state index contributed by atoms with van der Waals surface area (Å²) in [5.41, 5.74) is 5.68. The highest BCUT2D eigenvalue weighted by molar-refractivity contribution is 4.65. The third kappa shape index (κ3) is 8.62. The van der Waals surface area contributed by atoms with Crippen LogP contribution in [0.1, 0.15) is 59.8 Å². The fourth-order valence-corrected chi connectivity index (χ4v) is 2.41. The van der Waals surface area contributed by atoms with E-state index in [0.717, 1.165) is 18.4 Å². The first-order valence-electron chi connectivity index (χ1n) is 7.58. The van der Waals surface area contributed by atoms with Crippen molar-refractivity contribution in [1.82, 2.24) is 4.90 Å². The summed E-state index contributed by atoms with van der Waals surface area (Å²) in [6.07, 6.45) is 6.51. The maximum absolute atomic E-state index is 5.68. The molecule has 0 aromatic rings. The SMILES string of the molecule is CCCCN(CC)CCCC(CCN)C(C)C. The van der Waals surface area contributed by atoms with Crippen LogP contribution in [0.2, 0.25) is 0 Å². The lowest BCUT2D eigenvalue weighted by Crippen LogP contribution is -2.26. The lowest BCUT2D eigenvalue weighted by molar-refractivity contribution is 0.253. The zero-order valence-electron chi connectivity index (χ0n) is 12.5. The van der Waals surface area contributed by atoms with Crippen LogP contribution in [-0.2, 0) is 0 Å². The van der Waals surface area contributed by atoms with E-state index in [2.05, 4.69) is 32.6 Å². The molecule has 0 rings (SSSR count). The number of hydrogen-bond donors (Lipinski definition) is 1. The van der Waals surface area contributed by atoms with Crippen molar-refractivity contribution >= 4 is 0 Å². The topological polar surface area (TPSA) is 29.3 Å². The lowest BCUT2D eigenvalue weighted by Gasteiger charge is -2.23. The molecule has 0 fully saturated rings. The number of rotatable bonds is 11. The van der Waals surface area contributed by atoms with Gasteiger partial charge in [-0.2, -0.15) is 0 Å². The molecule has 0 aromatic heterocycles. The molecule has 0 aliphatic rings. The molecule has 1 unspecified atom stereocenters. The van der Waals surface area contributed by atoms with Gasteiger partial charge in [0.1, 0.15) is 0 Å². The first kappa shape index (κ1) is 16.9. The fourth-order valence-electron chi connectivity index (χ4n) is 2.41. The van der Waals surface area contributed by atoms with Gasteiger partial charge in [-0.3, -0.25) is 0 Å². The van der Waals surface area contributed by atoms with Gasteiger partial charge in [0.2, 0.25) is 0 Å². The summed E-state index contributed by atoms with van der Waals surface area (Å²) in [5.74, 6) is 1.61.